The number of amides is 1. The summed E-state index contributed by atoms with van der Waals surface area (Å²) in [6, 6.07) is 17.2. The Hall–Kier alpha value is -2.57. The molecular weight excluding hydrogens is 344 g/mol. The lowest BCUT2D eigenvalue weighted by atomic mass is 10.0. The molecule has 0 bridgehead atoms. The number of anilines is 2. The van der Waals surface area contributed by atoms with Crippen LogP contribution in [0.2, 0.25) is 0 Å². The third-order valence-corrected chi connectivity index (χ3v) is 4.97. The summed E-state index contributed by atoms with van der Waals surface area (Å²) in [7, 11) is 0. The molecule has 2 fully saturated rings. The summed E-state index contributed by atoms with van der Waals surface area (Å²) in [6.07, 6.45) is 1.75. The SMILES string of the molecule is O=C(COc1ccccc1)Nc1ccc(N2CCC3(CC2)OCCO3)cc1. The van der Waals surface area contributed by atoms with E-state index in [-0.39, 0.29) is 18.3 Å². The average Bonchev–Trinajstić information content (AvgIpc) is 3.16. The Labute approximate surface area is 159 Å². The van der Waals surface area contributed by atoms with Crippen molar-refractivity contribution in [1.29, 1.82) is 0 Å². The first-order valence-electron chi connectivity index (χ1n) is 9.33. The summed E-state index contributed by atoms with van der Waals surface area (Å²) < 4.78 is 17.0. The van der Waals surface area contributed by atoms with E-state index in [4.69, 9.17) is 14.2 Å². The molecule has 0 unspecified atom stereocenters. The molecule has 2 saturated heterocycles. The average molecular weight is 368 g/mol. The van der Waals surface area contributed by atoms with E-state index in [0.717, 1.165) is 37.3 Å². The maximum atomic E-state index is 12.0. The molecule has 0 radical (unpaired) electrons. The van der Waals surface area contributed by atoms with E-state index in [0.29, 0.717) is 19.0 Å². The number of piperidine rings is 1. The van der Waals surface area contributed by atoms with Crippen molar-refractivity contribution in [3.05, 3.63) is 54.6 Å². The van der Waals surface area contributed by atoms with Crippen molar-refractivity contribution in [1.82, 2.24) is 0 Å². The Morgan fingerprint density at radius 3 is 2.33 bits per heavy atom. The summed E-state index contributed by atoms with van der Waals surface area (Å²) in [5.41, 5.74) is 1.90. The normalized spacial score (nSPS) is 18.4. The van der Waals surface area contributed by atoms with Crippen molar-refractivity contribution in [2.24, 2.45) is 0 Å². The predicted molar refractivity (Wildman–Crippen MR) is 103 cm³/mol. The first-order chi connectivity index (χ1) is 13.2. The minimum atomic E-state index is -0.358. The molecule has 6 nitrogen and oxygen atoms in total. The number of ether oxygens (including phenoxy) is 3. The summed E-state index contributed by atoms with van der Waals surface area (Å²) in [5.74, 6) is 0.145. The van der Waals surface area contributed by atoms with Crippen LogP contribution in [-0.4, -0.2) is 44.6 Å². The second-order valence-corrected chi connectivity index (χ2v) is 6.79. The van der Waals surface area contributed by atoms with Gasteiger partial charge in [0.25, 0.3) is 5.91 Å². The fraction of sp³-hybridized carbons (Fsp3) is 0.381. The van der Waals surface area contributed by atoms with E-state index in [9.17, 15) is 4.79 Å². The number of nitrogens with one attached hydrogen (secondary N) is 1. The highest BCUT2D eigenvalue weighted by Crippen LogP contribution is 2.33. The Morgan fingerprint density at radius 2 is 1.67 bits per heavy atom. The van der Waals surface area contributed by atoms with Crippen LogP contribution in [0.1, 0.15) is 12.8 Å². The lowest BCUT2D eigenvalue weighted by molar-refractivity contribution is -0.169. The second kappa shape index (κ2) is 7.98. The maximum Gasteiger partial charge on any atom is 0.262 e. The number of carbonyl (C=O) groups is 1. The summed E-state index contributed by atoms with van der Waals surface area (Å²) >= 11 is 0. The highest BCUT2D eigenvalue weighted by atomic mass is 16.7. The summed E-state index contributed by atoms with van der Waals surface area (Å²) in [4.78, 5) is 14.4. The summed E-state index contributed by atoms with van der Waals surface area (Å²) in [6.45, 7) is 3.18. The first-order valence-corrected chi connectivity index (χ1v) is 9.33. The second-order valence-electron chi connectivity index (χ2n) is 6.79. The van der Waals surface area contributed by atoms with Crippen LogP contribution in [0.25, 0.3) is 0 Å². The van der Waals surface area contributed by atoms with Gasteiger partial charge in [-0.05, 0) is 36.4 Å². The molecule has 4 rings (SSSR count). The van der Waals surface area contributed by atoms with Crippen molar-refractivity contribution >= 4 is 17.3 Å². The predicted octanol–water partition coefficient (Wildman–Crippen LogP) is 3.05. The quantitative estimate of drug-likeness (QED) is 0.879. The molecule has 0 saturated carbocycles. The van der Waals surface area contributed by atoms with E-state index >= 15 is 0 Å². The zero-order valence-corrected chi connectivity index (χ0v) is 15.2. The molecule has 0 aliphatic carbocycles. The van der Waals surface area contributed by atoms with E-state index < -0.39 is 0 Å². The van der Waals surface area contributed by atoms with Crippen molar-refractivity contribution in [3.8, 4) is 5.75 Å². The van der Waals surface area contributed by atoms with E-state index in [1.54, 1.807) is 0 Å². The van der Waals surface area contributed by atoms with Gasteiger partial charge in [0.2, 0.25) is 0 Å². The van der Waals surface area contributed by atoms with Crippen LogP contribution in [0.5, 0.6) is 5.75 Å². The van der Waals surface area contributed by atoms with E-state index in [1.807, 2.05) is 54.6 Å². The molecule has 0 aromatic heterocycles. The molecule has 1 spiro atoms. The van der Waals surface area contributed by atoms with Gasteiger partial charge in [-0.1, -0.05) is 18.2 Å². The highest BCUT2D eigenvalue weighted by Gasteiger charge is 2.39. The molecule has 142 valence electrons. The third-order valence-electron chi connectivity index (χ3n) is 4.97. The van der Waals surface area contributed by atoms with Crippen LogP contribution < -0.4 is 15.0 Å². The van der Waals surface area contributed by atoms with Crippen molar-refractivity contribution < 1.29 is 19.0 Å². The molecular formula is C21H24N2O4. The molecule has 6 heteroatoms. The summed E-state index contributed by atoms with van der Waals surface area (Å²) in [5, 5.41) is 2.86. The Bertz CT molecular complexity index is 748. The Kier molecular flexibility index (Phi) is 5.27. The van der Waals surface area contributed by atoms with E-state index in [1.165, 1.54) is 0 Å². The number of para-hydroxylation sites is 1. The van der Waals surface area contributed by atoms with Crippen LogP contribution in [0.4, 0.5) is 11.4 Å². The van der Waals surface area contributed by atoms with E-state index in [2.05, 4.69) is 10.2 Å². The Morgan fingerprint density at radius 1 is 1.00 bits per heavy atom. The standard InChI is InChI=1S/C21H24N2O4/c24-20(16-25-19-4-2-1-3-5-19)22-17-6-8-18(9-7-17)23-12-10-21(11-13-23)26-14-15-27-21/h1-9H,10-16H2,(H,22,24). The van der Waals surface area contributed by atoms with Gasteiger partial charge < -0.3 is 24.4 Å². The zero-order valence-electron chi connectivity index (χ0n) is 15.2. The van der Waals surface area contributed by atoms with Crippen LogP contribution in [0.3, 0.4) is 0 Å². The number of nitrogens with zero attached hydrogens (tertiary/aromatic N) is 1. The minimum Gasteiger partial charge on any atom is -0.484 e. The molecule has 2 aliphatic heterocycles. The molecule has 2 aromatic carbocycles. The number of hydrogen-bond donors (Lipinski definition) is 1. The topological polar surface area (TPSA) is 60.0 Å². The molecule has 2 aromatic rings. The van der Waals surface area contributed by atoms with Gasteiger partial charge in [0.05, 0.1) is 13.2 Å². The van der Waals surface area contributed by atoms with Gasteiger partial charge >= 0.3 is 0 Å². The lowest BCUT2D eigenvalue weighted by Gasteiger charge is -2.38. The van der Waals surface area contributed by atoms with Crippen LogP contribution >= 0.6 is 0 Å². The number of benzene rings is 2. The number of rotatable bonds is 5. The fourth-order valence-electron chi connectivity index (χ4n) is 3.51. The van der Waals surface area contributed by atoms with Crippen LogP contribution in [-0.2, 0) is 14.3 Å². The van der Waals surface area contributed by atoms with Gasteiger partial charge in [0.15, 0.2) is 12.4 Å². The molecule has 1 N–H and O–H groups in total. The van der Waals surface area contributed by atoms with Crippen molar-refractivity contribution in [2.45, 2.75) is 18.6 Å². The highest BCUT2D eigenvalue weighted by molar-refractivity contribution is 5.92. The van der Waals surface area contributed by atoms with Gasteiger partial charge in [-0.15, -0.1) is 0 Å². The van der Waals surface area contributed by atoms with Gasteiger partial charge in [0.1, 0.15) is 5.75 Å². The fourth-order valence-corrected chi connectivity index (χ4v) is 3.51. The number of hydrogen-bond acceptors (Lipinski definition) is 5. The van der Waals surface area contributed by atoms with Crippen molar-refractivity contribution in [2.75, 3.05) is 43.1 Å². The van der Waals surface area contributed by atoms with Crippen LogP contribution in [0.15, 0.2) is 54.6 Å². The van der Waals surface area contributed by atoms with Gasteiger partial charge in [-0.2, -0.15) is 0 Å². The molecule has 2 heterocycles. The molecule has 2 aliphatic rings. The monoisotopic (exact) mass is 368 g/mol. The third kappa shape index (κ3) is 4.40. The van der Waals surface area contributed by atoms with Gasteiger partial charge in [-0.3, -0.25) is 4.79 Å². The van der Waals surface area contributed by atoms with Gasteiger partial charge in [-0.25, -0.2) is 0 Å². The molecule has 27 heavy (non-hydrogen) atoms. The lowest BCUT2D eigenvalue weighted by Crippen LogP contribution is -2.45. The maximum absolute atomic E-state index is 12.0. The zero-order chi connectivity index (χ0) is 18.5. The van der Waals surface area contributed by atoms with Gasteiger partial charge in [0, 0.05) is 37.3 Å². The largest absolute Gasteiger partial charge is 0.484 e. The molecule has 0 atom stereocenters. The smallest absolute Gasteiger partial charge is 0.262 e. The molecule has 1 amide bonds. The Balaban J connectivity index is 1.27. The number of carbonyl (C=O) groups excluding carboxylic acids is 1. The first kappa shape index (κ1) is 17.8. The minimum absolute atomic E-state index is 0.0139. The van der Waals surface area contributed by atoms with Crippen LogP contribution in [0, 0.1) is 0 Å². The van der Waals surface area contributed by atoms with Crippen molar-refractivity contribution in [3.63, 3.8) is 0 Å².